The number of anilines is 1. The average Bonchev–Trinajstić information content (AvgIpc) is 3.40. The molecule has 4 aromatic rings. The van der Waals surface area contributed by atoms with Crippen molar-refractivity contribution < 1.29 is 18.7 Å². The molecule has 2 aromatic heterocycles. The summed E-state index contributed by atoms with van der Waals surface area (Å²) in [5.41, 5.74) is 1.31. The van der Waals surface area contributed by atoms with Gasteiger partial charge in [-0.1, -0.05) is 28.1 Å². The van der Waals surface area contributed by atoms with Gasteiger partial charge in [0.2, 0.25) is 5.76 Å². The summed E-state index contributed by atoms with van der Waals surface area (Å²) in [4.78, 5) is 44.4. The minimum atomic E-state index is -0.736. The number of hydrogen-bond acceptors (Lipinski definition) is 7. The van der Waals surface area contributed by atoms with Gasteiger partial charge in [-0.15, -0.1) is 11.3 Å². The second-order valence-corrected chi connectivity index (χ2v) is 8.61. The highest BCUT2D eigenvalue weighted by Gasteiger charge is 2.44. The van der Waals surface area contributed by atoms with Crippen LogP contribution in [0.15, 0.2) is 67.7 Å². The topological polar surface area (TPSA) is 89.7 Å². The molecule has 9 heteroatoms. The first kappa shape index (κ1) is 19.7. The summed E-state index contributed by atoms with van der Waals surface area (Å²) in [7, 11) is 1.31. The molecule has 1 amide bonds. The van der Waals surface area contributed by atoms with Gasteiger partial charge >= 0.3 is 5.97 Å². The first-order chi connectivity index (χ1) is 15.0. The van der Waals surface area contributed by atoms with Crippen molar-refractivity contribution in [3.05, 3.63) is 91.2 Å². The number of halogens is 1. The monoisotopic (exact) mass is 496 g/mol. The average molecular weight is 497 g/mol. The van der Waals surface area contributed by atoms with Crippen molar-refractivity contribution in [1.82, 2.24) is 4.98 Å². The van der Waals surface area contributed by atoms with Crippen molar-refractivity contribution in [2.24, 2.45) is 0 Å². The first-order valence-corrected chi connectivity index (χ1v) is 10.8. The fourth-order valence-electron chi connectivity index (χ4n) is 3.71. The third-order valence-electron chi connectivity index (χ3n) is 5.11. The zero-order valence-corrected chi connectivity index (χ0v) is 18.4. The smallest absolute Gasteiger partial charge is 0.337 e. The standard InChI is InChI=1S/C22H13BrN2O5S/c1-29-21(28)12-4-2-11(3-5-12)17-16-18(26)14-10-13(23)6-7-15(14)30-19(16)20(27)25(17)22-24-8-9-31-22/h2-10,17H,1H3/t17-/m0/s1. The molecule has 1 aliphatic rings. The Morgan fingerprint density at radius 1 is 1.19 bits per heavy atom. The number of rotatable bonds is 3. The van der Waals surface area contributed by atoms with E-state index in [9.17, 15) is 14.4 Å². The minimum Gasteiger partial charge on any atom is -0.465 e. The number of fused-ring (bicyclic) bond motifs is 2. The Hall–Kier alpha value is -3.30. The summed E-state index contributed by atoms with van der Waals surface area (Å²) in [6.07, 6.45) is 1.59. The number of ether oxygens (including phenoxy) is 1. The van der Waals surface area contributed by atoms with Gasteiger partial charge in [-0.3, -0.25) is 14.5 Å². The summed E-state index contributed by atoms with van der Waals surface area (Å²) < 4.78 is 11.4. The normalized spacial score (nSPS) is 15.4. The summed E-state index contributed by atoms with van der Waals surface area (Å²) in [5, 5.41) is 2.58. The number of aromatic nitrogens is 1. The Balaban J connectivity index is 1.76. The molecule has 2 aromatic carbocycles. The fourth-order valence-corrected chi connectivity index (χ4v) is 4.74. The highest BCUT2D eigenvalue weighted by atomic mass is 79.9. The molecule has 0 radical (unpaired) electrons. The zero-order valence-electron chi connectivity index (χ0n) is 16.0. The van der Waals surface area contributed by atoms with E-state index >= 15 is 0 Å². The predicted octanol–water partition coefficient (Wildman–Crippen LogP) is 4.55. The molecule has 1 atom stereocenters. The van der Waals surface area contributed by atoms with Crippen LogP contribution in [0.25, 0.3) is 11.0 Å². The van der Waals surface area contributed by atoms with Crippen molar-refractivity contribution in [1.29, 1.82) is 0 Å². The van der Waals surface area contributed by atoms with Crippen LogP contribution in [-0.2, 0) is 4.74 Å². The molecule has 0 unspecified atom stereocenters. The van der Waals surface area contributed by atoms with Crippen LogP contribution in [0.5, 0.6) is 0 Å². The number of amides is 1. The molecule has 0 spiro atoms. The maximum Gasteiger partial charge on any atom is 0.337 e. The molecule has 0 saturated carbocycles. The van der Waals surface area contributed by atoms with E-state index in [-0.39, 0.29) is 16.8 Å². The number of benzene rings is 2. The number of carbonyl (C=O) groups excluding carboxylic acids is 2. The molecule has 31 heavy (non-hydrogen) atoms. The van der Waals surface area contributed by atoms with Crippen LogP contribution in [0, 0.1) is 0 Å². The van der Waals surface area contributed by atoms with E-state index in [0.29, 0.717) is 27.2 Å². The van der Waals surface area contributed by atoms with Crippen LogP contribution in [0.2, 0.25) is 0 Å². The van der Waals surface area contributed by atoms with E-state index in [1.807, 2.05) is 0 Å². The lowest BCUT2D eigenvalue weighted by molar-refractivity contribution is 0.0600. The lowest BCUT2D eigenvalue weighted by Crippen LogP contribution is -2.29. The summed E-state index contributed by atoms with van der Waals surface area (Å²) in [6.45, 7) is 0. The van der Waals surface area contributed by atoms with E-state index in [1.165, 1.54) is 23.3 Å². The lowest BCUT2D eigenvalue weighted by atomic mass is 9.98. The molecule has 7 nitrogen and oxygen atoms in total. The summed E-state index contributed by atoms with van der Waals surface area (Å²) in [6, 6.07) is 10.9. The van der Waals surface area contributed by atoms with E-state index in [4.69, 9.17) is 9.15 Å². The molecule has 1 aliphatic heterocycles. The molecule has 0 fully saturated rings. The third kappa shape index (κ3) is 3.08. The number of hydrogen-bond donors (Lipinski definition) is 0. The molecule has 0 N–H and O–H groups in total. The van der Waals surface area contributed by atoms with Gasteiger partial charge in [0.1, 0.15) is 5.58 Å². The van der Waals surface area contributed by atoms with Crippen molar-refractivity contribution >= 4 is 55.2 Å². The maximum absolute atomic E-state index is 13.5. The molecule has 0 aliphatic carbocycles. The quantitative estimate of drug-likeness (QED) is 0.386. The highest BCUT2D eigenvalue weighted by molar-refractivity contribution is 9.10. The molecular formula is C22H13BrN2O5S. The van der Waals surface area contributed by atoms with Gasteiger partial charge < -0.3 is 9.15 Å². The molecule has 3 heterocycles. The van der Waals surface area contributed by atoms with E-state index < -0.39 is 17.9 Å². The molecule has 5 rings (SSSR count). The van der Waals surface area contributed by atoms with E-state index in [0.717, 1.165) is 4.47 Å². The van der Waals surface area contributed by atoms with Gasteiger partial charge in [0, 0.05) is 16.0 Å². The van der Waals surface area contributed by atoms with Crippen LogP contribution < -0.4 is 10.3 Å². The lowest BCUT2D eigenvalue weighted by Gasteiger charge is -2.22. The van der Waals surface area contributed by atoms with Crippen molar-refractivity contribution in [2.75, 3.05) is 12.0 Å². The number of methoxy groups -OCH3 is 1. The fraction of sp³-hybridized carbons (Fsp3) is 0.0909. The summed E-state index contributed by atoms with van der Waals surface area (Å²) >= 11 is 4.67. The van der Waals surface area contributed by atoms with Gasteiger partial charge in [0.15, 0.2) is 10.6 Å². The first-order valence-electron chi connectivity index (χ1n) is 9.17. The Morgan fingerprint density at radius 2 is 1.97 bits per heavy atom. The SMILES string of the molecule is COC(=O)c1ccc([C@H]2c3c(oc4ccc(Br)cc4c3=O)C(=O)N2c2nccs2)cc1. The van der Waals surface area contributed by atoms with Gasteiger partial charge in [-0.25, -0.2) is 9.78 Å². The Bertz CT molecular complexity index is 1400. The van der Waals surface area contributed by atoms with Crippen LogP contribution in [0.1, 0.15) is 38.1 Å². The van der Waals surface area contributed by atoms with Gasteiger partial charge in [0.25, 0.3) is 5.91 Å². The second-order valence-electron chi connectivity index (χ2n) is 6.82. The molecule has 0 bridgehead atoms. The van der Waals surface area contributed by atoms with Crippen LogP contribution >= 0.6 is 27.3 Å². The van der Waals surface area contributed by atoms with Gasteiger partial charge in [-0.05, 0) is 35.9 Å². The Kier molecular flexibility index (Phi) is 4.71. The van der Waals surface area contributed by atoms with Crippen molar-refractivity contribution in [3.63, 3.8) is 0 Å². The van der Waals surface area contributed by atoms with Crippen LogP contribution in [0.4, 0.5) is 5.13 Å². The van der Waals surface area contributed by atoms with Crippen LogP contribution in [0.3, 0.4) is 0 Å². The number of nitrogens with zero attached hydrogens (tertiary/aromatic N) is 2. The summed E-state index contributed by atoms with van der Waals surface area (Å²) in [5.74, 6) is -0.910. The van der Waals surface area contributed by atoms with Crippen molar-refractivity contribution in [2.45, 2.75) is 6.04 Å². The minimum absolute atomic E-state index is 0.00272. The molecule has 0 saturated heterocycles. The molecule has 154 valence electrons. The highest BCUT2D eigenvalue weighted by Crippen LogP contribution is 2.42. The molecular weight excluding hydrogens is 484 g/mol. The van der Waals surface area contributed by atoms with E-state index in [1.54, 1.807) is 54.0 Å². The third-order valence-corrected chi connectivity index (χ3v) is 6.37. The predicted molar refractivity (Wildman–Crippen MR) is 119 cm³/mol. The Morgan fingerprint density at radius 3 is 2.65 bits per heavy atom. The van der Waals surface area contributed by atoms with Gasteiger partial charge in [0.05, 0.1) is 29.7 Å². The van der Waals surface area contributed by atoms with Crippen LogP contribution in [-0.4, -0.2) is 24.0 Å². The largest absolute Gasteiger partial charge is 0.465 e. The number of carbonyl (C=O) groups is 2. The Labute approximate surface area is 188 Å². The zero-order chi connectivity index (χ0) is 21.7. The van der Waals surface area contributed by atoms with E-state index in [2.05, 4.69) is 20.9 Å². The van der Waals surface area contributed by atoms with Crippen molar-refractivity contribution in [3.8, 4) is 0 Å². The second kappa shape index (κ2) is 7.44. The maximum atomic E-state index is 13.5. The number of thiazole rings is 1. The van der Waals surface area contributed by atoms with Gasteiger partial charge in [-0.2, -0.15) is 0 Å². The number of esters is 1.